The number of benzene rings is 2. The second kappa shape index (κ2) is 16.8. The molecule has 1 atom stereocenters. The molecule has 0 fully saturated rings. The van der Waals surface area contributed by atoms with Gasteiger partial charge in [-0.2, -0.15) is 5.10 Å². The average Bonchev–Trinajstić information content (AvgIpc) is 3.45. The predicted molar refractivity (Wildman–Crippen MR) is 191 cm³/mol. The van der Waals surface area contributed by atoms with Crippen molar-refractivity contribution in [1.29, 1.82) is 0 Å². The van der Waals surface area contributed by atoms with Crippen LogP contribution in [0.1, 0.15) is 62.0 Å². The lowest BCUT2D eigenvalue weighted by Crippen LogP contribution is -2.26. The summed E-state index contributed by atoms with van der Waals surface area (Å²) in [5, 5.41) is 16.3. The first-order chi connectivity index (χ1) is 24.3. The molecular formula is C37H44N6O7. The van der Waals surface area contributed by atoms with Crippen LogP contribution in [0.4, 0.5) is 11.4 Å². The molecule has 1 heterocycles. The zero-order valence-electron chi connectivity index (χ0n) is 29.1. The summed E-state index contributed by atoms with van der Waals surface area (Å²) in [5.74, 6) is 2.46. The number of hydrogen-bond donors (Lipinski definition) is 4. The third-order valence-electron chi connectivity index (χ3n) is 8.55. The van der Waals surface area contributed by atoms with Crippen molar-refractivity contribution in [1.82, 2.24) is 20.5 Å². The van der Waals surface area contributed by atoms with Crippen molar-refractivity contribution in [3.05, 3.63) is 75.7 Å². The molecular weight excluding hydrogens is 640 g/mol. The lowest BCUT2D eigenvalue weighted by molar-refractivity contribution is -0.119. The summed E-state index contributed by atoms with van der Waals surface area (Å²) in [5.41, 5.74) is 5.03. The number of amides is 2. The van der Waals surface area contributed by atoms with Crippen LogP contribution >= 0.6 is 0 Å². The van der Waals surface area contributed by atoms with Crippen LogP contribution in [0, 0.1) is 0 Å². The zero-order valence-corrected chi connectivity index (χ0v) is 29.1. The fourth-order valence-electron chi connectivity index (χ4n) is 6.22. The lowest BCUT2D eigenvalue weighted by atomic mass is 9.95. The summed E-state index contributed by atoms with van der Waals surface area (Å²) in [6.07, 6.45) is 3.86. The highest BCUT2D eigenvalue weighted by Crippen LogP contribution is 2.50. The van der Waals surface area contributed by atoms with E-state index in [4.69, 9.17) is 18.9 Å². The summed E-state index contributed by atoms with van der Waals surface area (Å²) in [7, 11) is 6.30. The molecule has 5 rings (SSSR count). The molecule has 1 aromatic heterocycles. The molecule has 1 aliphatic carbocycles. The van der Waals surface area contributed by atoms with E-state index in [0.29, 0.717) is 84.7 Å². The summed E-state index contributed by atoms with van der Waals surface area (Å²) < 4.78 is 22.2. The molecule has 264 valence electrons. The molecule has 0 saturated heterocycles. The number of carbonyl (C=O) groups is 2. The van der Waals surface area contributed by atoms with Crippen molar-refractivity contribution >= 4 is 23.2 Å². The first-order valence-electron chi connectivity index (χ1n) is 16.6. The maximum Gasteiger partial charge on any atom is 0.224 e. The number of aromatic nitrogens is 3. The number of ether oxygens (including phenoxy) is 4. The minimum Gasteiger partial charge on any atom is -0.493 e. The molecule has 0 bridgehead atoms. The zero-order chi connectivity index (χ0) is 35.6. The van der Waals surface area contributed by atoms with Crippen LogP contribution in [0.25, 0.3) is 22.5 Å². The van der Waals surface area contributed by atoms with Crippen molar-refractivity contribution in [2.75, 3.05) is 45.6 Å². The number of rotatable bonds is 15. The number of anilines is 2. The Kier molecular flexibility index (Phi) is 12.0. The Morgan fingerprint density at radius 3 is 2.42 bits per heavy atom. The Morgan fingerprint density at radius 2 is 1.72 bits per heavy atom. The molecule has 2 amide bonds. The molecule has 4 aromatic rings. The Morgan fingerprint density at radius 1 is 0.940 bits per heavy atom. The number of aryl methyl sites for hydroxylation is 1. The molecule has 13 heteroatoms. The molecule has 50 heavy (non-hydrogen) atoms. The summed E-state index contributed by atoms with van der Waals surface area (Å²) >= 11 is 0. The van der Waals surface area contributed by atoms with Crippen molar-refractivity contribution in [3.8, 4) is 39.8 Å². The van der Waals surface area contributed by atoms with Gasteiger partial charge in [-0.25, -0.2) is 4.98 Å². The smallest absolute Gasteiger partial charge is 0.224 e. The van der Waals surface area contributed by atoms with E-state index in [1.54, 1.807) is 40.6 Å². The number of nitrogens with zero attached hydrogens (tertiary/aromatic N) is 2. The number of methoxy groups -OCH3 is 4. The van der Waals surface area contributed by atoms with Gasteiger partial charge in [-0.1, -0.05) is 12.5 Å². The van der Waals surface area contributed by atoms with Crippen LogP contribution in [0.2, 0.25) is 0 Å². The third-order valence-corrected chi connectivity index (χ3v) is 8.55. The number of H-pyrrole nitrogens is 1. The van der Waals surface area contributed by atoms with Crippen molar-refractivity contribution < 1.29 is 28.5 Å². The number of aromatic amines is 1. The van der Waals surface area contributed by atoms with Crippen LogP contribution in [-0.4, -0.2) is 62.0 Å². The maximum atomic E-state index is 13.5. The summed E-state index contributed by atoms with van der Waals surface area (Å²) in [6.45, 7) is 2.38. The minimum absolute atomic E-state index is 0.0666. The Hall–Kier alpha value is -5.43. The standard InChI is InChI=1S/C37H44N6O7/c1-22(44)39-28-16-12-24-19-31(48-3)35(49-4)36(50-5)34(24)26-15-17-29(30(45)20-27(26)28)38-18-8-6-7-9-33(46)40-25-13-10-23(11-14-25)37-41-32(21-47-2)42-43-37/h10-11,13-15,17,19-20,28H,6-9,12,16,18,21H2,1-5H3,(H,38,45)(H,39,44)(H,40,46)(H,41,42,43). The van der Waals surface area contributed by atoms with E-state index in [1.807, 2.05) is 36.4 Å². The monoisotopic (exact) mass is 684 g/mol. The largest absolute Gasteiger partial charge is 0.493 e. The molecule has 0 radical (unpaired) electrons. The third kappa shape index (κ3) is 8.40. The fraction of sp³-hybridized carbons (Fsp3) is 0.378. The van der Waals surface area contributed by atoms with Gasteiger partial charge >= 0.3 is 0 Å². The average molecular weight is 685 g/mol. The second-order valence-electron chi connectivity index (χ2n) is 12.0. The van der Waals surface area contributed by atoms with Crippen LogP contribution in [0.15, 0.2) is 53.3 Å². The Bertz CT molecular complexity index is 1880. The Labute approximate surface area is 291 Å². The van der Waals surface area contributed by atoms with Crippen LogP contribution < -0.4 is 35.6 Å². The van der Waals surface area contributed by atoms with Crippen molar-refractivity contribution in [2.24, 2.45) is 0 Å². The van der Waals surface area contributed by atoms with Crippen LogP contribution in [0.5, 0.6) is 17.2 Å². The van der Waals surface area contributed by atoms with Gasteiger partial charge in [-0.3, -0.25) is 19.5 Å². The van der Waals surface area contributed by atoms with Gasteiger partial charge < -0.3 is 34.9 Å². The predicted octanol–water partition coefficient (Wildman–Crippen LogP) is 5.41. The highest BCUT2D eigenvalue weighted by molar-refractivity contribution is 5.91. The summed E-state index contributed by atoms with van der Waals surface area (Å²) in [4.78, 5) is 42.7. The lowest BCUT2D eigenvalue weighted by Gasteiger charge is -2.19. The van der Waals surface area contributed by atoms with E-state index < -0.39 is 0 Å². The molecule has 0 aliphatic heterocycles. The number of unbranched alkanes of at least 4 members (excludes halogenated alkanes) is 2. The first kappa shape index (κ1) is 35.9. The van der Waals surface area contributed by atoms with E-state index in [0.717, 1.165) is 35.1 Å². The maximum absolute atomic E-state index is 13.5. The molecule has 1 unspecified atom stereocenters. The molecule has 4 N–H and O–H groups in total. The quantitative estimate of drug-likeness (QED) is 0.119. The number of hydrogen-bond acceptors (Lipinski definition) is 10. The summed E-state index contributed by atoms with van der Waals surface area (Å²) in [6, 6.07) is 14.2. The SMILES string of the molecule is COCc1nc(-c2ccc(NC(=O)CCCCCNc3ccc4c(cc3=O)C(NC(C)=O)CCc3cc(OC)c(OC)c(OC)c3-4)cc2)n[nH]1. The highest BCUT2D eigenvalue weighted by Gasteiger charge is 2.29. The second-order valence-corrected chi connectivity index (χ2v) is 12.0. The van der Waals surface area contributed by atoms with Gasteiger partial charge in [0.25, 0.3) is 0 Å². The van der Waals surface area contributed by atoms with Gasteiger partial charge in [0.1, 0.15) is 6.61 Å². The van der Waals surface area contributed by atoms with Crippen molar-refractivity contribution in [2.45, 2.75) is 58.1 Å². The highest BCUT2D eigenvalue weighted by atomic mass is 16.5. The van der Waals surface area contributed by atoms with Gasteiger partial charge in [-0.05, 0) is 84.8 Å². The van der Waals surface area contributed by atoms with Gasteiger partial charge in [0.05, 0.1) is 33.1 Å². The van der Waals surface area contributed by atoms with E-state index >= 15 is 0 Å². The molecule has 0 saturated carbocycles. The van der Waals surface area contributed by atoms with Gasteiger partial charge in [-0.15, -0.1) is 0 Å². The van der Waals surface area contributed by atoms with E-state index in [9.17, 15) is 14.4 Å². The van der Waals surface area contributed by atoms with Gasteiger partial charge in [0.15, 0.2) is 23.1 Å². The van der Waals surface area contributed by atoms with E-state index in [-0.39, 0.29) is 23.3 Å². The van der Waals surface area contributed by atoms with Gasteiger partial charge in [0, 0.05) is 43.8 Å². The first-order valence-corrected chi connectivity index (χ1v) is 16.6. The molecule has 13 nitrogen and oxygen atoms in total. The molecule has 3 aromatic carbocycles. The number of fused-ring (bicyclic) bond motifs is 3. The van der Waals surface area contributed by atoms with E-state index in [2.05, 4.69) is 31.1 Å². The normalized spacial score (nSPS) is 13.3. The van der Waals surface area contributed by atoms with Gasteiger partial charge in [0.2, 0.25) is 23.0 Å². The molecule has 0 spiro atoms. The van der Waals surface area contributed by atoms with Crippen molar-refractivity contribution in [3.63, 3.8) is 0 Å². The van der Waals surface area contributed by atoms with E-state index in [1.165, 1.54) is 6.92 Å². The number of nitrogens with one attached hydrogen (secondary N) is 4. The Balaban J connectivity index is 1.20. The number of carbonyl (C=O) groups excluding carboxylic acids is 2. The topological polar surface area (TPSA) is 166 Å². The minimum atomic E-state index is -0.379. The van der Waals surface area contributed by atoms with Crippen LogP contribution in [-0.2, 0) is 27.4 Å². The fourth-order valence-corrected chi connectivity index (χ4v) is 6.22. The van der Waals surface area contributed by atoms with Crippen LogP contribution in [0.3, 0.4) is 0 Å². The molecule has 1 aliphatic rings.